The highest BCUT2D eigenvalue weighted by atomic mass is 16.3. The van der Waals surface area contributed by atoms with Gasteiger partial charge in [-0.3, -0.25) is 9.69 Å². The summed E-state index contributed by atoms with van der Waals surface area (Å²) < 4.78 is 0. The average Bonchev–Trinajstić information content (AvgIpc) is 2.70. The van der Waals surface area contributed by atoms with Crippen LogP contribution in [0.15, 0.2) is 18.2 Å². The second-order valence-corrected chi connectivity index (χ2v) is 4.72. The van der Waals surface area contributed by atoms with Crippen molar-refractivity contribution in [3.8, 4) is 5.75 Å². The Bertz CT molecular complexity index is 420. The van der Waals surface area contributed by atoms with Gasteiger partial charge in [0, 0.05) is 18.2 Å². The number of aromatic hydroxyl groups is 1. The monoisotopic (exact) mass is 234 g/mol. The molecule has 17 heavy (non-hydrogen) atoms. The Morgan fingerprint density at radius 1 is 1.59 bits per heavy atom. The first-order valence-electron chi connectivity index (χ1n) is 5.84. The van der Waals surface area contributed by atoms with Crippen LogP contribution in [-0.2, 0) is 0 Å². The molecule has 1 saturated heterocycles. The third kappa shape index (κ3) is 2.33. The molecule has 0 radical (unpaired) electrons. The molecule has 1 aromatic carbocycles. The largest absolute Gasteiger partial charge is 0.508 e. The van der Waals surface area contributed by atoms with Crippen molar-refractivity contribution in [2.75, 3.05) is 20.1 Å². The number of hydrogen-bond donors (Lipinski definition) is 2. The fourth-order valence-electron chi connectivity index (χ4n) is 2.60. The molecule has 0 saturated carbocycles. The fraction of sp³-hybridized carbons (Fsp3) is 0.462. The van der Waals surface area contributed by atoms with Gasteiger partial charge < -0.3 is 10.8 Å². The lowest BCUT2D eigenvalue weighted by Crippen LogP contribution is -2.21. The SMILES string of the molecule is CN1CC(CN)CC1c1cc(O)ccc1C=O. The Morgan fingerprint density at radius 3 is 2.94 bits per heavy atom. The van der Waals surface area contributed by atoms with Crippen LogP contribution in [0, 0.1) is 5.92 Å². The van der Waals surface area contributed by atoms with Gasteiger partial charge in [0.05, 0.1) is 0 Å². The minimum absolute atomic E-state index is 0.177. The van der Waals surface area contributed by atoms with Crippen molar-refractivity contribution in [2.45, 2.75) is 12.5 Å². The Balaban J connectivity index is 2.33. The van der Waals surface area contributed by atoms with Gasteiger partial charge in [-0.25, -0.2) is 0 Å². The topological polar surface area (TPSA) is 66.6 Å². The lowest BCUT2D eigenvalue weighted by molar-refractivity contribution is 0.112. The number of aldehydes is 1. The van der Waals surface area contributed by atoms with Crippen LogP contribution in [-0.4, -0.2) is 36.4 Å². The Morgan fingerprint density at radius 2 is 2.35 bits per heavy atom. The third-order valence-corrected chi connectivity index (χ3v) is 3.52. The van der Waals surface area contributed by atoms with Crippen molar-refractivity contribution >= 4 is 6.29 Å². The van der Waals surface area contributed by atoms with E-state index in [1.165, 1.54) is 0 Å². The first kappa shape index (κ1) is 12.1. The van der Waals surface area contributed by atoms with Gasteiger partial charge in [0.1, 0.15) is 12.0 Å². The summed E-state index contributed by atoms with van der Waals surface area (Å²) in [6.07, 6.45) is 1.79. The Kier molecular flexibility index (Phi) is 3.45. The van der Waals surface area contributed by atoms with Gasteiger partial charge in [-0.05, 0) is 49.7 Å². The Hall–Kier alpha value is -1.39. The van der Waals surface area contributed by atoms with Crippen molar-refractivity contribution in [1.82, 2.24) is 4.90 Å². The molecule has 4 nitrogen and oxygen atoms in total. The quantitative estimate of drug-likeness (QED) is 0.770. The standard InChI is InChI=1S/C13H18N2O2/c1-15-7-9(6-14)4-13(15)12-5-11(17)3-2-10(12)8-16/h2-3,5,8-9,13,17H,4,6-7,14H2,1H3. The van der Waals surface area contributed by atoms with Gasteiger partial charge in [-0.1, -0.05) is 0 Å². The van der Waals surface area contributed by atoms with Crippen LogP contribution in [0.25, 0.3) is 0 Å². The highest BCUT2D eigenvalue weighted by Crippen LogP contribution is 2.36. The molecule has 0 spiro atoms. The summed E-state index contributed by atoms with van der Waals surface area (Å²) in [5.74, 6) is 0.669. The Labute approximate surface area is 101 Å². The number of nitrogens with two attached hydrogens (primary N) is 1. The van der Waals surface area contributed by atoms with Gasteiger partial charge in [-0.15, -0.1) is 0 Å². The van der Waals surface area contributed by atoms with Crippen molar-refractivity contribution in [3.63, 3.8) is 0 Å². The molecule has 92 valence electrons. The molecule has 2 unspecified atom stereocenters. The third-order valence-electron chi connectivity index (χ3n) is 3.52. The molecule has 0 aliphatic carbocycles. The van der Waals surface area contributed by atoms with E-state index >= 15 is 0 Å². The number of rotatable bonds is 3. The lowest BCUT2D eigenvalue weighted by atomic mass is 9.96. The molecule has 1 aliphatic rings. The van der Waals surface area contributed by atoms with Crippen LogP contribution in [0.1, 0.15) is 28.4 Å². The van der Waals surface area contributed by atoms with E-state index in [9.17, 15) is 9.90 Å². The van der Waals surface area contributed by atoms with Crippen LogP contribution in [0.4, 0.5) is 0 Å². The summed E-state index contributed by atoms with van der Waals surface area (Å²) in [6.45, 7) is 1.60. The molecular formula is C13H18N2O2. The minimum Gasteiger partial charge on any atom is -0.508 e. The van der Waals surface area contributed by atoms with Crippen LogP contribution in [0.3, 0.4) is 0 Å². The molecule has 0 aromatic heterocycles. The fourth-order valence-corrected chi connectivity index (χ4v) is 2.60. The summed E-state index contributed by atoms with van der Waals surface area (Å²) in [5.41, 5.74) is 7.24. The molecule has 1 heterocycles. The van der Waals surface area contributed by atoms with Gasteiger partial charge in [0.15, 0.2) is 0 Å². The van der Waals surface area contributed by atoms with E-state index in [2.05, 4.69) is 4.90 Å². The summed E-state index contributed by atoms with van der Waals surface area (Å²) in [7, 11) is 2.03. The number of likely N-dealkylation sites (tertiary alicyclic amines) is 1. The molecule has 2 rings (SSSR count). The van der Waals surface area contributed by atoms with Gasteiger partial charge >= 0.3 is 0 Å². The van der Waals surface area contributed by atoms with E-state index in [0.717, 1.165) is 24.8 Å². The van der Waals surface area contributed by atoms with Crippen molar-refractivity contribution < 1.29 is 9.90 Å². The second-order valence-electron chi connectivity index (χ2n) is 4.72. The maximum atomic E-state index is 11.0. The van der Waals surface area contributed by atoms with Gasteiger partial charge in [-0.2, -0.15) is 0 Å². The maximum Gasteiger partial charge on any atom is 0.150 e. The number of phenols is 1. The van der Waals surface area contributed by atoms with Crippen LogP contribution >= 0.6 is 0 Å². The van der Waals surface area contributed by atoms with Crippen molar-refractivity contribution in [1.29, 1.82) is 0 Å². The van der Waals surface area contributed by atoms with Gasteiger partial charge in [0.2, 0.25) is 0 Å². The molecule has 0 amide bonds. The average molecular weight is 234 g/mol. The first-order chi connectivity index (χ1) is 8.15. The summed E-state index contributed by atoms with van der Waals surface area (Å²) in [6, 6.07) is 5.07. The zero-order chi connectivity index (χ0) is 12.4. The van der Waals surface area contributed by atoms with Gasteiger partial charge in [0.25, 0.3) is 0 Å². The van der Waals surface area contributed by atoms with E-state index in [0.29, 0.717) is 18.0 Å². The molecule has 2 atom stereocenters. The first-order valence-corrected chi connectivity index (χ1v) is 5.84. The number of nitrogens with zero attached hydrogens (tertiary/aromatic N) is 1. The predicted molar refractivity (Wildman–Crippen MR) is 66.0 cm³/mol. The molecular weight excluding hydrogens is 216 g/mol. The van der Waals surface area contributed by atoms with E-state index < -0.39 is 0 Å². The van der Waals surface area contributed by atoms with Crippen LogP contribution in [0.5, 0.6) is 5.75 Å². The molecule has 3 N–H and O–H groups in total. The summed E-state index contributed by atoms with van der Waals surface area (Å²) in [4.78, 5) is 13.2. The lowest BCUT2D eigenvalue weighted by Gasteiger charge is -2.21. The second kappa shape index (κ2) is 4.85. The molecule has 4 heteroatoms. The summed E-state index contributed by atoms with van der Waals surface area (Å²) in [5, 5.41) is 9.54. The number of carbonyl (C=O) groups excluding carboxylic acids is 1. The maximum absolute atomic E-state index is 11.0. The number of benzene rings is 1. The number of hydrogen-bond acceptors (Lipinski definition) is 4. The molecule has 1 fully saturated rings. The highest BCUT2D eigenvalue weighted by molar-refractivity contribution is 5.78. The van der Waals surface area contributed by atoms with E-state index in [1.54, 1.807) is 18.2 Å². The van der Waals surface area contributed by atoms with Crippen LogP contribution in [0.2, 0.25) is 0 Å². The van der Waals surface area contributed by atoms with E-state index in [1.807, 2.05) is 7.05 Å². The van der Waals surface area contributed by atoms with E-state index in [4.69, 9.17) is 5.73 Å². The zero-order valence-corrected chi connectivity index (χ0v) is 9.97. The normalized spacial score (nSPS) is 25.1. The number of carbonyl (C=O) groups is 1. The zero-order valence-electron chi connectivity index (χ0n) is 9.97. The minimum atomic E-state index is 0.177. The van der Waals surface area contributed by atoms with Crippen LogP contribution < -0.4 is 5.73 Å². The molecule has 0 bridgehead atoms. The van der Waals surface area contributed by atoms with Crippen molar-refractivity contribution in [3.05, 3.63) is 29.3 Å². The number of phenolic OH excluding ortho intramolecular Hbond substituents is 1. The molecule has 1 aliphatic heterocycles. The smallest absolute Gasteiger partial charge is 0.150 e. The highest BCUT2D eigenvalue weighted by Gasteiger charge is 2.31. The molecule has 1 aromatic rings. The predicted octanol–water partition coefficient (Wildman–Crippen LogP) is 1.16. The summed E-state index contributed by atoms with van der Waals surface area (Å²) >= 11 is 0. The van der Waals surface area contributed by atoms with E-state index in [-0.39, 0.29) is 11.8 Å². The van der Waals surface area contributed by atoms with Crippen molar-refractivity contribution in [2.24, 2.45) is 11.7 Å².